The van der Waals surface area contributed by atoms with E-state index in [0.29, 0.717) is 6.04 Å². The molecule has 2 rings (SSSR count). The van der Waals surface area contributed by atoms with Gasteiger partial charge in [-0.3, -0.25) is 0 Å². The Hall–Kier alpha value is -2.00. The third-order valence-corrected chi connectivity index (χ3v) is 3.35. The van der Waals surface area contributed by atoms with Crippen LogP contribution in [0, 0.1) is 0 Å². The lowest BCUT2D eigenvalue weighted by molar-refractivity contribution is 0.411. The Morgan fingerprint density at radius 1 is 0.810 bits per heavy atom. The lowest BCUT2D eigenvalue weighted by atomic mass is 9.97. The van der Waals surface area contributed by atoms with Crippen molar-refractivity contribution < 1.29 is 9.47 Å². The Morgan fingerprint density at radius 3 is 1.67 bits per heavy atom. The molecule has 3 nitrogen and oxygen atoms in total. The summed E-state index contributed by atoms with van der Waals surface area (Å²) in [5.41, 5.74) is 2.35. The predicted octanol–water partition coefficient (Wildman–Crippen LogP) is 3.79. The average molecular weight is 285 g/mol. The van der Waals surface area contributed by atoms with E-state index in [2.05, 4.69) is 43.4 Å². The lowest BCUT2D eigenvalue weighted by Crippen LogP contribution is -2.29. The molecular formula is C18H23NO2. The Balaban J connectivity index is 2.41. The van der Waals surface area contributed by atoms with Crippen molar-refractivity contribution in [2.75, 3.05) is 14.2 Å². The van der Waals surface area contributed by atoms with Gasteiger partial charge in [0.1, 0.15) is 11.5 Å². The fourth-order valence-corrected chi connectivity index (χ4v) is 2.36. The van der Waals surface area contributed by atoms with Crippen LogP contribution in [-0.4, -0.2) is 20.3 Å². The highest BCUT2D eigenvalue weighted by atomic mass is 16.5. The number of hydrogen-bond acceptors (Lipinski definition) is 3. The second-order valence-corrected chi connectivity index (χ2v) is 5.31. The standard InChI is InChI=1S/C18H23NO2/c1-13(2)19-18(14-7-5-9-16(11-14)20-3)15-8-6-10-17(12-15)21-4/h5-13,18-19H,1-4H3. The van der Waals surface area contributed by atoms with E-state index < -0.39 is 0 Å². The van der Waals surface area contributed by atoms with E-state index >= 15 is 0 Å². The summed E-state index contributed by atoms with van der Waals surface area (Å²) in [6.07, 6.45) is 0. The fraction of sp³-hybridized carbons (Fsp3) is 0.333. The first kappa shape index (κ1) is 15.4. The van der Waals surface area contributed by atoms with Gasteiger partial charge in [-0.15, -0.1) is 0 Å². The number of benzene rings is 2. The van der Waals surface area contributed by atoms with Crippen LogP contribution in [0.3, 0.4) is 0 Å². The molecule has 0 aromatic heterocycles. The first-order valence-electron chi connectivity index (χ1n) is 7.18. The van der Waals surface area contributed by atoms with Crippen LogP contribution >= 0.6 is 0 Å². The van der Waals surface area contributed by atoms with Crippen molar-refractivity contribution in [1.82, 2.24) is 5.32 Å². The summed E-state index contributed by atoms with van der Waals surface area (Å²) >= 11 is 0. The van der Waals surface area contributed by atoms with Gasteiger partial charge in [0.2, 0.25) is 0 Å². The van der Waals surface area contributed by atoms with Crippen molar-refractivity contribution in [3.63, 3.8) is 0 Å². The van der Waals surface area contributed by atoms with E-state index in [4.69, 9.17) is 9.47 Å². The predicted molar refractivity (Wildman–Crippen MR) is 86.1 cm³/mol. The Labute approximate surface area is 126 Å². The van der Waals surface area contributed by atoms with Crippen LogP contribution in [0.25, 0.3) is 0 Å². The van der Waals surface area contributed by atoms with Gasteiger partial charge in [0, 0.05) is 6.04 Å². The molecule has 0 unspecified atom stereocenters. The van der Waals surface area contributed by atoms with Crippen molar-refractivity contribution in [3.8, 4) is 11.5 Å². The van der Waals surface area contributed by atoms with Crippen molar-refractivity contribution in [1.29, 1.82) is 0 Å². The highest BCUT2D eigenvalue weighted by Crippen LogP contribution is 2.28. The van der Waals surface area contributed by atoms with Gasteiger partial charge < -0.3 is 14.8 Å². The smallest absolute Gasteiger partial charge is 0.119 e. The number of methoxy groups -OCH3 is 2. The Bertz CT molecular complexity index is 533. The molecule has 0 spiro atoms. The SMILES string of the molecule is COc1cccc(C(NC(C)C)c2cccc(OC)c2)c1. The topological polar surface area (TPSA) is 30.5 Å². The summed E-state index contributed by atoms with van der Waals surface area (Å²) in [4.78, 5) is 0. The molecule has 1 N–H and O–H groups in total. The third-order valence-electron chi connectivity index (χ3n) is 3.35. The minimum absolute atomic E-state index is 0.107. The van der Waals surface area contributed by atoms with Gasteiger partial charge in [0.15, 0.2) is 0 Å². The molecule has 0 saturated heterocycles. The summed E-state index contributed by atoms with van der Waals surface area (Å²) in [6, 6.07) is 16.8. The van der Waals surface area contributed by atoms with Crippen molar-refractivity contribution in [2.45, 2.75) is 25.9 Å². The van der Waals surface area contributed by atoms with Crippen LogP contribution in [0.5, 0.6) is 11.5 Å². The molecule has 0 radical (unpaired) electrons. The van der Waals surface area contributed by atoms with Gasteiger partial charge in [-0.2, -0.15) is 0 Å². The number of ether oxygens (including phenoxy) is 2. The maximum absolute atomic E-state index is 5.34. The highest BCUT2D eigenvalue weighted by Gasteiger charge is 2.16. The second-order valence-electron chi connectivity index (χ2n) is 5.31. The summed E-state index contributed by atoms with van der Waals surface area (Å²) in [6.45, 7) is 4.29. The van der Waals surface area contributed by atoms with Crippen LogP contribution in [0.4, 0.5) is 0 Å². The third kappa shape index (κ3) is 3.99. The molecule has 0 aliphatic rings. The minimum atomic E-state index is 0.107. The molecule has 0 saturated carbocycles. The van der Waals surface area contributed by atoms with E-state index in [1.54, 1.807) is 14.2 Å². The van der Waals surface area contributed by atoms with Crippen LogP contribution in [0.1, 0.15) is 31.0 Å². The molecule has 0 atom stereocenters. The molecule has 3 heteroatoms. The van der Waals surface area contributed by atoms with Gasteiger partial charge in [0.05, 0.1) is 20.3 Å². The van der Waals surface area contributed by atoms with Crippen LogP contribution in [0.2, 0.25) is 0 Å². The normalized spacial score (nSPS) is 11.0. The van der Waals surface area contributed by atoms with Crippen LogP contribution in [0.15, 0.2) is 48.5 Å². The molecular weight excluding hydrogens is 262 g/mol. The monoisotopic (exact) mass is 285 g/mol. The van der Waals surface area contributed by atoms with Crippen LogP contribution < -0.4 is 14.8 Å². The molecule has 21 heavy (non-hydrogen) atoms. The van der Waals surface area contributed by atoms with Crippen molar-refractivity contribution in [3.05, 3.63) is 59.7 Å². The van der Waals surface area contributed by atoms with Gasteiger partial charge >= 0.3 is 0 Å². The van der Waals surface area contributed by atoms with Crippen molar-refractivity contribution >= 4 is 0 Å². The second kappa shape index (κ2) is 7.14. The van der Waals surface area contributed by atoms with E-state index in [0.717, 1.165) is 11.5 Å². The summed E-state index contributed by atoms with van der Waals surface area (Å²) in [7, 11) is 3.38. The molecule has 0 aliphatic heterocycles. The molecule has 2 aromatic rings. The molecule has 112 valence electrons. The minimum Gasteiger partial charge on any atom is -0.497 e. The summed E-state index contributed by atoms with van der Waals surface area (Å²) in [5, 5.41) is 3.60. The van der Waals surface area contributed by atoms with Gasteiger partial charge in [-0.25, -0.2) is 0 Å². The zero-order valence-electron chi connectivity index (χ0n) is 13.1. The zero-order valence-corrected chi connectivity index (χ0v) is 13.1. The lowest BCUT2D eigenvalue weighted by Gasteiger charge is -2.23. The number of nitrogens with one attached hydrogen (secondary N) is 1. The quantitative estimate of drug-likeness (QED) is 0.876. The van der Waals surface area contributed by atoms with E-state index in [1.165, 1.54) is 11.1 Å². The molecule has 2 aromatic carbocycles. The Morgan fingerprint density at radius 2 is 1.29 bits per heavy atom. The van der Waals surface area contributed by atoms with Gasteiger partial charge in [-0.1, -0.05) is 24.3 Å². The molecule has 0 bridgehead atoms. The first-order valence-corrected chi connectivity index (χ1v) is 7.18. The number of hydrogen-bond donors (Lipinski definition) is 1. The summed E-state index contributed by atoms with van der Waals surface area (Å²) < 4.78 is 10.7. The van der Waals surface area contributed by atoms with Gasteiger partial charge in [0.25, 0.3) is 0 Å². The summed E-state index contributed by atoms with van der Waals surface area (Å²) in [5.74, 6) is 1.73. The molecule has 0 amide bonds. The zero-order chi connectivity index (χ0) is 15.2. The van der Waals surface area contributed by atoms with Crippen LogP contribution in [-0.2, 0) is 0 Å². The van der Waals surface area contributed by atoms with E-state index in [-0.39, 0.29) is 6.04 Å². The molecule has 0 heterocycles. The maximum atomic E-state index is 5.34. The van der Waals surface area contributed by atoms with E-state index in [9.17, 15) is 0 Å². The maximum Gasteiger partial charge on any atom is 0.119 e. The molecule has 0 aliphatic carbocycles. The molecule has 0 fully saturated rings. The van der Waals surface area contributed by atoms with Gasteiger partial charge in [-0.05, 0) is 49.2 Å². The van der Waals surface area contributed by atoms with Crippen molar-refractivity contribution in [2.24, 2.45) is 0 Å². The Kier molecular flexibility index (Phi) is 5.23. The number of rotatable bonds is 6. The first-order chi connectivity index (χ1) is 10.1. The van der Waals surface area contributed by atoms with E-state index in [1.807, 2.05) is 24.3 Å². The fourth-order valence-electron chi connectivity index (χ4n) is 2.36. The average Bonchev–Trinajstić information content (AvgIpc) is 2.52. The largest absolute Gasteiger partial charge is 0.497 e. The highest BCUT2D eigenvalue weighted by molar-refractivity contribution is 5.39.